The van der Waals surface area contributed by atoms with Crippen molar-refractivity contribution in [3.63, 3.8) is 0 Å². The molecule has 1 saturated heterocycles. The van der Waals surface area contributed by atoms with Crippen molar-refractivity contribution in [1.82, 2.24) is 9.80 Å². The van der Waals surface area contributed by atoms with Gasteiger partial charge in [0.25, 0.3) is 11.7 Å². The van der Waals surface area contributed by atoms with Gasteiger partial charge in [-0.15, -0.1) is 0 Å². The van der Waals surface area contributed by atoms with Crippen molar-refractivity contribution in [2.24, 2.45) is 0 Å². The number of likely N-dealkylation sites (tertiary alicyclic amines) is 1. The number of Topliss-reactive ketones (excluding diaryl/α,β-unsaturated/α-hetero) is 1. The Morgan fingerprint density at radius 1 is 1.16 bits per heavy atom. The molecule has 1 N–H and O–H groups in total. The van der Waals surface area contributed by atoms with Crippen LogP contribution in [0.2, 0.25) is 0 Å². The van der Waals surface area contributed by atoms with Gasteiger partial charge in [-0.25, -0.2) is 4.39 Å². The lowest BCUT2D eigenvalue weighted by Crippen LogP contribution is -2.35. The predicted molar refractivity (Wildman–Crippen MR) is 116 cm³/mol. The normalized spacial score (nSPS) is 18.1. The maximum Gasteiger partial charge on any atom is 0.295 e. The summed E-state index contributed by atoms with van der Waals surface area (Å²) in [5.41, 5.74) is 0.925. The van der Waals surface area contributed by atoms with Gasteiger partial charge < -0.3 is 19.6 Å². The van der Waals surface area contributed by atoms with Crippen molar-refractivity contribution in [2.45, 2.75) is 19.4 Å². The molecule has 2 aromatic rings. The molecule has 1 fully saturated rings. The number of likely N-dealkylation sites (N-methyl/N-ethyl adjacent to an activating group) is 1. The van der Waals surface area contributed by atoms with Crippen molar-refractivity contribution in [1.29, 1.82) is 0 Å². The Kier molecular flexibility index (Phi) is 7.07. The number of halogens is 1. The van der Waals surface area contributed by atoms with Crippen LogP contribution >= 0.6 is 0 Å². The van der Waals surface area contributed by atoms with Crippen LogP contribution in [0.15, 0.2) is 54.1 Å². The van der Waals surface area contributed by atoms with Crippen LogP contribution in [-0.4, -0.2) is 60.4 Å². The topological polar surface area (TPSA) is 70.1 Å². The summed E-state index contributed by atoms with van der Waals surface area (Å²) in [5.74, 6) is -1.59. The minimum atomic E-state index is -0.768. The van der Waals surface area contributed by atoms with E-state index in [4.69, 9.17) is 4.74 Å². The van der Waals surface area contributed by atoms with Gasteiger partial charge in [-0.3, -0.25) is 9.59 Å². The largest absolute Gasteiger partial charge is 0.507 e. The first-order valence-corrected chi connectivity index (χ1v) is 10.2. The monoisotopic (exact) mass is 426 g/mol. The van der Waals surface area contributed by atoms with Crippen molar-refractivity contribution in [3.05, 3.63) is 71.0 Å². The van der Waals surface area contributed by atoms with Gasteiger partial charge >= 0.3 is 0 Å². The summed E-state index contributed by atoms with van der Waals surface area (Å²) < 4.78 is 19.1. The molecular weight excluding hydrogens is 399 g/mol. The second-order valence-electron chi connectivity index (χ2n) is 7.72. The smallest absolute Gasteiger partial charge is 0.295 e. The van der Waals surface area contributed by atoms with E-state index in [-0.39, 0.29) is 16.9 Å². The lowest BCUT2D eigenvalue weighted by atomic mass is 9.95. The Balaban J connectivity index is 2.11. The van der Waals surface area contributed by atoms with E-state index in [0.29, 0.717) is 31.0 Å². The summed E-state index contributed by atoms with van der Waals surface area (Å²) in [5, 5.41) is 11.0. The molecule has 3 rings (SSSR count). The number of carbonyl (C=O) groups excluding carboxylic acids is 2. The number of amides is 1. The quantitative estimate of drug-likeness (QED) is 0.397. The number of hydrogen-bond donors (Lipinski definition) is 1. The van der Waals surface area contributed by atoms with Crippen molar-refractivity contribution in [2.75, 3.05) is 33.8 Å². The standard InChI is InChI=1S/C24H27FN2O4/c1-4-14-31-19-7-5-6-17(15-19)21-20(22(28)16-8-10-18(25)11-9-16)23(29)24(30)27(21)13-12-26(2)3/h5-11,15,21,28H,4,12-14H2,1-3H3/b22-20-/t21-/m1/s1. The number of benzene rings is 2. The molecule has 0 aliphatic carbocycles. The molecule has 1 heterocycles. The third kappa shape index (κ3) is 4.94. The van der Waals surface area contributed by atoms with Crippen LogP contribution in [0, 0.1) is 5.82 Å². The van der Waals surface area contributed by atoms with E-state index < -0.39 is 23.5 Å². The second kappa shape index (κ2) is 9.75. The first kappa shape index (κ1) is 22.5. The minimum Gasteiger partial charge on any atom is -0.507 e. The molecule has 2 aromatic carbocycles. The van der Waals surface area contributed by atoms with Crippen LogP contribution in [0.25, 0.3) is 5.76 Å². The van der Waals surface area contributed by atoms with E-state index in [1.54, 1.807) is 18.2 Å². The Hall–Kier alpha value is -3.19. The Morgan fingerprint density at radius 3 is 2.52 bits per heavy atom. The molecule has 0 aromatic heterocycles. The van der Waals surface area contributed by atoms with Crippen molar-refractivity contribution < 1.29 is 23.8 Å². The molecule has 0 unspecified atom stereocenters. The third-order valence-electron chi connectivity index (χ3n) is 5.09. The number of nitrogens with zero attached hydrogens (tertiary/aromatic N) is 2. The maximum atomic E-state index is 13.3. The number of aliphatic hydroxyl groups is 1. The predicted octanol–water partition coefficient (Wildman–Crippen LogP) is 3.60. The molecule has 1 aliphatic rings. The molecule has 1 amide bonds. The number of ether oxygens (including phenoxy) is 1. The van der Waals surface area contributed by atoms with Gasteiger partial charge in [0.1, 0.15) is 17.3 Å². The molecule has 7 heteroatoms. The average molecular weight is 426 g/mol. The summed E-state index contributed by atoms with van der Waals surface area (Å²) >= 11 is 0. The zero-order valence-electron chi connectivity index (χ0n) is 18.0. The molecule has 31 heavy (non-hydrogen) atoms. The summed E-state index contributed by atoms with van der Waals surface area (Å²) in [7, 11) is 3.76. The van der Waals surface area contributed by atoms with Crippen LogP contribution in [0.5, 0.6) is 5.75 Å². The average Bonchev–Trinajstić information content (AvgIpc) is 3.01. The maximum absolute atomic E-state index is 13.3. The fourth-order valence-corrected chi connectivity index (χ4v) is 3.52. The number of hydrogen-bond acceptors (Lipinski definition) is 5. The van der Waals surface area contributed by atoms with Crippen LogP contribution < -0.4 is 4.74 Å². The molecule has 0 spiro atoms. The van der Waals surface area contributed by atoms with Gasteiger partial charge in [-0.2, -0.15) is 0 Å². The van der Waals surface area contributed by atoms with E-state index in [1.165, 1.54) is 29.2 Å². The van der Waals surface area contributed by atoms with Crippen molar-refractivity contribution >= 4 is 17.4 Å². The van der Waals surface area contributed by atoms with Crippen LogP contribution in [0.3, 0.4) is 0 Å². The summed E-state index contributed by atoms with van der Waals surface area (Å²) in [6.07, 6.45) is 0.843. The Morgan fingerprint density at radius 2 is 1.87 bits per heavy atom. The van der Waals surface area contributed by atoms with Gasteiger partial charge in [0.15, 0.2) is 0 Å². The van der Waals surface area contributed by atoms with E-state index >= 15 is 0 Å². The Bertz CT molecular complexity index is 985. The lowest BCUT2D eigenvalue weighted by molar-refractivity contribution is -0.140. The summed E-state index contributed by atoms with van der Waals surface area (Å²) in [6.45, 7) is 3.40. The summed E-state index contributed by atoms with van der Waals surface area (Å²) in [4.78, 5) is 29.2. The van der Waals surface area contributed by atoms with Gasteiger partial charge in [0.2, 0.25) is 0 Å². The molecule has 0 saturated carbocycles. The van der Waals surface area contributed by atoms with Crippen LogP contribution in [0.4, 0.5) is 4.39 Å². The SMILES string of the molecule is CCCOc1cccc([C@@H]2/C(=C(/O)c3ccc(F)cc3)C(=O)C(=O)N2CCN(C)C)c1. The van der Waals surface area contributed by atoms with Crippen LogP contribution in [0.1, 0.15) is 30.5 Å². The highest BCUT2D eigenvalue weighted by atomic mass is 19.1. The van der Waals surface area contributed by atoms with Crippen molar-refractivity contribution in [3.8, 4) is 5.75 Å². The number of rotatable bonds is 8. The highest BCUT2D eigenvalue weighted by Gasteiger charge is 2.46. The van der Waals surface area contributed by atoms with Gasteiger partial charge in [0.05, 0.1) is 18.2 Å². The Labute approximate surface area is 181 Å². The molecule has 1 atom stereocenters. The lowest BCUT2D eigenvalue weighted by Gasteiger charge is -2.27. The van der Waals surface area contributed by atoms with E-state index in [9.17, 15) is 19.1 Å². The third-order valence-corrected chi connectivity index (χ3v) is 5.09. The molecule has 0 radical (unpaired) electrons. The fourth-order valence-electron chi connectivity index (χ4n) is 3.52. The molecule has 164 valence electrons. The highest BCUT2D eigenvalue weighted by molar-refractivity contribution is 6.46. The van der Waals surface area contributed by atoms with Crippen LogP contribution in [-0.2, 0) is 9.59 Å². The van der Waals surface area contributed by atoms with E-state index in [1.807, 2.05) is 32.0 Å². The van der Waals surface area contributed by atoms with E-state index in [0.717, 1.165) is 6.42 Å². The number of aliphatic hydroxyl groups excluding tert-OH is 1. The molecule has 6 nitrogen and oxygen atoms in total. The van der Waals surface area contributed by atoms with E-state index in [2.05, 4.69) is 0 Å². The summed E-state index contributed by atoms with van der Waals surface area (Å²) in [6, 6.07) is 11.6. The number of carbonyl (C=O) groups is 2. The highest BCUT2D eigenvalue weighted by Crippen LogP contribution is 2.40. The van der Waals surface area contributed by atoms with Gasteiger partial charge in [0, 0.05) is 18.7 Å². The zero-order chi connectivity index (χ0) is 22.5. The second-order valence-corrected chi connectivity index (χ2v) is 7.72. The molecular formula is C24H27FN2O4. The van der Waals surface area contributed by atoms with Gasteiger partial charge in [-0.1, -0.05) is 19.1 Å². The first-order chi connectivity index (χ1) is 14.8. The molecule has 1 aliphatic heterocycles. The van der Waals surface area contributed by atoms with Gasteiger partial charge in [-0.05, 0) is 62.5 Å². The number of ketones is 1. The first-order valence-electron chi connectivity index (χ1n) is 10.2. The fraction of sp³-hybridized carbons (Fsp3) is 0.333. The molecule has 0 bridgehead atoms. The minimum absolute atomic E-state index is 0.0111. The zero-order valence-corrected chi connectivity index (χ0v) is 18.0.